The van der Waals surface area contributed by atoms with Gasteiger partial charge in [-0.1, -0.05) is 19.3 Å². The third kappa shape index (κ3) is 6.31. The highest BCUT2D eigenvalue weighted by atomic mass is 16.5. The molecule has 7 heteroatoms. The molecule has 156 valence electrons. The minimum atomic E-state index is 0.231. The Labute approximate surface area is 164 Å². The molecule has 0 aromatic heterocycles. The molecule has 0 aromatic rings. The van der Waals surface area contributed by atoms with Gasteiger partial charge in [0, 0.05) is 51.4 Å². The van der Waals surface area contributed by atoms with Crippen molar-refractivity contribution in [2.45, 2.75) is 44.6 Å². The van der Waals surface area contributed by atoms with Gasteiger partial charge in [-0.2, -0.15) is 0 Å². The maximum atomic E-state index is 5.59. The van der Waals surface area contributed by atoms with E-state index < -0.39 is 0 Å². The average Bonchev–Trinajstić information content (AvgIpc) is 2.74. The minimum Gasteiger partial charge on any atom is -0.379 e. The quantitative estimate of drug-likeness (QED) is 0.505. The predicted octanol–water partition coefficient (Wildman–Crippen LogP) is 0.909. The molecule has 0 atom stereocenters. The number of nitrogens with one attached hydrogen (secondary N) is 2. The lowest BCUT2D eigenvalue weighted by atomic mass is 9.80. The standard InChI is InChI=1S/C20H39N5O2/c1-2-21-19(22-8-9-24-10-14-26-15-11-24)23-18-20(6-4-3-5-7-20)25-12-16-27-17-13-25/h2-18H2,1H3,(H2,21,22,23). The van der Waals surface area contributed by atoms with Gasteiger partial charge in [-0.25, -0.2) is 0 Å². The summed E-state index contributed by atoms with van der Waals surface area (Å²) >= 11 is 0. The predicted molar refractivity (Wildman–Crippen MR) is 109 cm³/mol. The van der Waals surface area contributed by atoms with Crippen molar-refractivity contribution in [1.82, 2.24) is 20.4 Å². The van der Waals surface area contributed by atoms with Gasteiger partial charge in [0.1, 0.15) is 0 Å². The van der Waals surface area contributed by atoms with Gasteiger partial charge < -0.3 is 20.1 Å². The van der Waals surface area contributed by atoms with Crippen molar-refractivity contribution in [3.8, 4) is 0 Å². The molecular formula is C20H39N5O2. The first kappa shape index (κ1) is 20.8. The molecule has 1 saturated carbocycles. The molecule has 3 rings (SSSR count). The summed E-state index contributed by atoms with van der Waals surface area (Å²) in [5.74, 6) is 0.962. The molecule has 2 heterocycles. The summed E-state index contributed by atoms with van der Waals surface area (Å²) in [6.07, 6.45) is 6.56. The molecule has 2 N–H and O–H groups in total. The topological polar surface area (TPSA) is 61.4 Å². The van der Waals surface area contributed by atoms with Crippen LogP contribution < -0.4 is 10.6 Å². The van der Waals surface area contributed by atoms with Crippen molar-refractivity contribution in [2.24, 2.45) is 4.99 Å². The van der Waals surface area contributed by atoms with E-state index in [1.807, 2.05) is 0 Å². The lowest BCUT2D eigenvalue weighted by Crippen LogP contribution is -2.56. The Morgan fingerprint density at radius 1 is 0.926 bits per heavy atom. The van der Waals surface area contributed by atoms with E-state index in [1.165, 1.54) is 32.1 Å². The molecule has 1 aliphatic carbocycles. The lowest BCUT2D eigenvalue weighted by molar-refractivity contribution is -0.0333. The molecule has 0 unspecified atom stereocenters. The number of nitrogens with zero attached hydrogens (tertiary/aromatic N) is 3. The van der Waals surface area contributed by atoms with Crippen LogP contribution >= 0.6 is 0 Å². The molecule has 0 radical (unpaired) electrons. The Balaban J connectivity index is 1.55. The van der Waals surface area contributed by atoms with Crippen LogP contribution in [0.25, 0.3) is 0 Å². The summed E-state index contributed by atoms with van der Waals surface area (Å²) in [5, 5.41) is 6.97. The summed E-state index contributed by atoms with van der Waals surface area (Å²) in [4.78, 5) is 10.2. The number of morpholine rings is 2. The van der Waals surface area contributed by atoms with E-state index in [0.29, 0.717) is 0 Å². The molecule has 7 nitrogen and oxygen atoms in total. The van der Waals surface area contributed by atoms with E-state index >= 15 is 0 Å². The smallest absolute Gasteiger partial charge is 0.191 e. The second kappa shape index (κ2) is 11.2. The number of ether oxygens (including phenoxy) is 2. The summed E-state index contributed by atoms with van der Waals surface area (Å²) in [6.45, 7) is 13.5. The van der Waals surface area contributed by atoms with Crippen molar-refractivity contribution in [3.63, 3.8) is 0 Å². The van der Waals surface area contributed by atoms with Gasteiger partial charge in [-0.3, -0.25) is 14.8 Å². The van der Waals surface area contributed by atoms with E-state index in [-0.39, 0.29) is 5.54 Å². The Morgan fingerprint density at radius 3 is 2.26 bits per heavy atom. The molecule has 0 aromatic carbocycles. The first-order valence-corrected chi connectivity index (χ1v) is 11.0. The average molecular weight is 382 g/mol. The van der Waals surface area contributed by atoms with Crippen LogP contribution in [0, 0.1) is 0 Å². The van der Waals surface area contributed by atoms with Crippen LogP contribution in [0.5, 0.6) is 0 Å². The van der Waals surface area contributed by atoms with Gasteiger partial charge in [-0.05, 0) is 19.8 Å². The Morgan fingerprint density at radius 2 is 1.59 bits per heavy atom. The summed E-state index contributed by atoms with van der Waals surface area (Å²) in [6, 6.07) is 0. The monoisotopic (exact) mass is 381 g/mol. The van der Waals surface area contributed by atoms with Crippen LogP contribution in [0.4, 0.5) is 0 Å². The molecule has 2 saturated heterocycles. The van der Waals surface area contributed by atoms with E-state index in [9.17, 15) is 0 Å². The van der Waals surface area contributed by atoms with E-state index in [4.69, 9.17) is 14.5 Å². The van der Waals surface area contributed by atoms with Crippen LogP contribution in [0.2, 0.25) is 0 Å². The maximum Gasteiger partial charge on any atom is 0.191 e. The highest BCUT2D eigenvalue weighted by Crippen LogP contribution is 2.34. The van der Waals surface area contributed by atoms with Crippen LogP contribution in [0.3, 0.4) is 0 Å². The van der Waals surface area contributed by atoms with Gasteiger partial charge in [0.25, 0.3) is 0 Å². The molecular weight excluding hydrogens is 342 g/mol. The van der Waals surface area contributed by atoms with E-state index in [1.54, 1.807) is 0 Å². The maximum absolute atomic E-state index is 5.59. The van der Waals surface area contributed by atoms with Gasteiger partial charge in [0.2, 0.25) is 0 Å². The Kier molecular flexibility index (Phi) is 8.64. The molecule has 3 aliphatic rings. The Hall–Kier alpha value is -0.890. The van der Waals surface area contributed by atoms with Crippen molar-refractivity contribution in [1.29, 1.82) is 0 Å². The molecule has 0 spiro atoms. The number of hydrogen-bond acceptors (Lipinski definition) is 5. The highest BCUT2D eigenvalue weighted by Gasteiger charge is 2.38. The third-order valence-electron chi connectivity index (χ3n) is 6.17. The van der Waals surface area contributed by atoms with Crippen LogP contribution in [-0.4, -0.2) is 100 Å². The van der Waals surface area contributed by atoms with Crippen molar-refractivity contribution < 1.29 is 9.47 Å². The molecule has 0 bridgehead atoms. The van der Waals surface area contributed by atoms with E-state index in [2.05, 4.69) is 27.4 Å². The second-order valence-corrected chi connectivity index (χ2v) is 7.96. The van der Waals surface area contributed by atoms with Gasteiger partial charge in [0.05, 0.1) is 33.0 Å². The minimum absolute atomic E-state index is 0.231. The first-order valence-electron chi connectivity index (χ1n) is 11.0. The van der Waals surface area contributed by atoms with Crippen LogP contribution in [0.15, 0.2) is 4.99 Å². The lowest BCUT2D eigenvalue weighted by Gasteiger charge is -2.47. The molecule has 3 fully saturated rings. The highest BCUT2D eigenvalue weighted by molar-refractivity contribution is 5.79. The summed E-state index contributed by atoms with van der Waals surface area (Å²) in [5.41, 5.74) is 0.231. The fourth-order valence-corrected chi connectivity index (χ4v) is 4.55. The Bertz CT molecular complexity index is 442. The zero-order valence-corrected chi connectivity index (χ0v) is 17.2. The third-order valence-corrected chi connectivity index (χ3v) is 6.17. The SMILES string of the molecule is CCNC(=NCC1(N2CCOCC2)CCCCC1)NCCN1CCOCC1. The zero-order valence-electron chi connectivity index (χ0n) is 17.2. The first-order chi connectivity index (χ1) is 13.3. The number of hydrogen-bond donors (Lipinski definition) is 2. The summed E-state index contributed by atoms with van der Waals surface area (Å²) in [7, 11) is 0. The largest absolute Gasteiger partial charge is 0.379 e. The number of aliphatic imine (C=N–C) groups is 1. The van der Waals surface area contributed by atoms with Gasteiger partial charge in [-0.15, -0.1) is 0 Å². The molecule has 27 heavy (non-hydrogen) atoms. The normalized spacial score (nSPS) is 25.3. The van der Waals surface area contributed by atoms with Crippen molar-refractivity contribution in [3.05, 3.63) is 0 Å². The van der Waals surface area contributed by atoms with Crippen molar-refractivity contribution >= 4 is 5.96 Å². The van der Waals surface area contributed by atoms with Gasteiger partial charge >= 0.3 is 0 Å². The summed E-state index contributed by atoms with van der Waals surface area (Å²) < 4.78 is 11.0. The fraction of sp³-hybridized carbons (Fsp3) is 0.950. The van der Waals surface area contributed by atoms with E-state index in [0.717, 1.165) is 84.7 Å². The van der Waals surface area contributed by atoms with Crippen LogP contribution in [0.1, 0.15) is 39.0 Å². The number of guanidine groups is 1. The molecule has 0 amide bonds. The fourth-order valence-electron chi connectivity index (χ4n) is 4.55. The van der Waals surface area contributed by atoms with Gasteiger partial charge in [0.15, 0.2) is 5.96 Å². The second-order valence-electron chi connectivity index (χ2n) is 7.96. The van der Waals surface area contributed by atoms with Crippen molar-refractivity contribution in [2.75, 3.05) is 78.8 Å². The number of rotatable bonds is 7. The molecule has 2 aliphatic heterocycles. The zero-order chi connectivity index (χ0) is 18.8. The van der Waals surface area contributed by atoms with Crippen LogP contribution in [-0.2, 0) is 9.47 Å².